The van der Waals surface area contributed by atoms with E-state index in [4.69, 9.17) is 0 Å². The molecule has 1 unspecified atom stereocenters. The summed E-state index contributed by atoms with van der Waals surface area (Å²) >= 11 is 0. The molecule has 0 saturated heterocycles. The SMILES string of the molecule is O=c1[nH]c(=O)c2[nH]c(CCC(CCc3ccc(O)cc3)C3CCCC3)nc2[nH]1. The van der Waals surface area contributed by atoms with Crippen LogP contribution in [0, 0.1) is 11.8 Å². The second-order valence-electron chi connectivity index (χ2n) is 7.86. The smallest absolute Gasteiger partial charge is 0.327 e. The molecule has 28 heavy (non-hydrogen) atoms. The molecule has 0 aliphatic heterocycles. The molecule has 1 aromatic carbocycles. The summed E-state index contributed by atoms with van der Waals surface area (Å²) in [7, 11) is 0. The van der Waals surface area contributed by atoms with Crippen molar-refractivity contribution in [1.82, 2.24) is 19.9 Å². The molecule has 0 radical (unpaired) electrons. The number of fused-ring (bicyclic) bond motifs is 1. The zero-order valence-corrected chi connectivity index (χ0v) is 15.8. The van der Waals surface area contributed by atoms with Crippen molar-refractivity contribution in [1.29, 1.82) is 0 Å². The van der Waals surface area contributed by atoms with Crippen molar-refractivity contribution >= 4 is 11.2 Å². The number of aromatic hydroxyl groups is 1. The fourth-order valence-electron chi connectivity index (χ4n) is 4.48. The van der Waals surface area contributed by atoms with Crippen molar-refractivity contribution in [3.8, 4) is 5.75 Å². The fourth-order valence-corrected chi connectivity index (χ4v) is 4.48. The maximum Gasteiger partial charge on any atom is 0.327 e. The number of phenolic OH excluding ortho intramolecular Hbond substituents is 1. The van der Waals surface area contributed by atoms with E-state index in [2.05, 4.69) is 19.9 Å². The van der Waals surface area contributed by atoms with Crippen LogP contribution in [-0.4, -0.2) is 25.0 Å². The molecule has 2 aromatic heterocycles. The fraction of sp³-hybridized carbons (Fsp3) is 0.476. The highest BCUT2D eigenvalue weighted by molar-refractivity contribution is 5.68. The number of hydrogen-bond donors (Lipinski definition) is 4. The van der Waals surface area contributed by atoms with E-state index in [9.17, 15) is 14.7 Å². The van der Waals surface area contributed by atoms with E-state index in [0.717, 1.165) is 37.4 Å². The first-order valence-corrected chi connectivity index (χ1v) is 10.1. The Morgan fingerprint density at radius 1 is 1.00 bits per heavy atom. The number of phenols is 1. The highest BCUT2D eigenvalue weighted by Crippen LogP contribution is 2.36. The van der Waals surface area contributed by atoms with Crippen LogP contribution in [0.3, 0.4) is 0 Å². The van der Waals surface area contributed by atoms with Gasteiger partial charge in [-0.2, -0.15) is 0 Å². The Kier molecular flexibility index (Phi) is 5.32. The van der Waals surface area contributed by atoms with E-state index in [-0.39, 0.29) is 0 Å². The van der Waals surface area contributed by atoms with Gasteiger partial charge in [0.1, 0.15) is 17.1 Å². The summed E-state index contributed by atoms with van der Waals surface area (Å²) in [5.74, 6) is 2.38. The van der Waals surface area contributed by atoms with Crippen LogP contribution in [-0.2, 0) is 12.8 Å². The maximum absolute atomic E-state index is 11.9. The molecule has 4 rings (SSSR count). The molecule has 2 heterocycles. The molecule has 1 aliphatic carbocycles. The summed E-state index contributed by atoms with van der Waals surface area (Å²) in [4.78, 5) is 35.6. The lowest BCUT2D eigenvalue weighted by molar-refractivity contribution is 0.298. The van der Waals surface area contributed by atoms with E-state index in [1.807, 2.05) is 12.1 Å². The Bertz CT molecular complexity index is 1040. The molecule has 1 atom stereocenters. The summed E-state index contributed by atoms with van der Waals surface area (Å²) in [5.41, 5.74) is 0.931. The second kappa shape index (κ2) is 8.04. The summed E-state index contributed by atoms with van der Waals surface area (Å²) in [6.07, 6.45) is 9.04. The van der Waals surface area contributed by atoms with Crippen molar-refractivity contribution in [2.24, 2.45) is 11.8 Å². The van der Waals surface area contributed by atoms with Gasteiger partial charge in [-0.1, -0.05) is 37.8 Å². The third-order valence-electron chi connectivity index (χ3n) is 6.00. The van der Waals surface area contributed by atoms with Crippen LogP contribution < -0.4 is 11.2 Å². The van der Waals surface area contributed by atoms with Gasteiger partial charge in [0.15, 0.2) is 5.65 Å². The third-order valence-corrected chi connectivity index (χ3v) is 6.00. The number of aryl methyl sites for hydroxylation is 2. The number of aromatic nitrogens is 4. The van der Waals surface area contributed by atoms with Gasteiger partial charge in [0, 0.05) is 6.42 Å². The molecule has 3 aromatic rings. The molecule has 7 heteroatoms. The van der Waals surface area contributed by atoms with Gasteiger partial charge >= 0.3 is 5.69 Å². The Morgan fingerprint density at radius 2 is 1.71 bits per heavy atom. The van der Waals surface area contributed by atoms with Crippen LogP contribution in [0.1, 0.15) is 49.9 Å². The molecule has 1 saturated carbocycles. The second-order valence-corrected chi connectivity index (χ2v) is 7.86. The molecule has 0 bridgehead atoms. The first-order chi connectivity index (χ1) is 13.6. The first kappa shape index (κ1) is 18.5. The molecule has 7 nitrogen and oxygen atoms in total. The summed E-state index contributed by atoms with van der Waals surface area (Å²) < 4.78 is 0. The number of H-pyrrole nitrogens is 3. The molecule has 1 aliphatic rings. The first-order valence-electron chi connectivity index (χ1n) is 10.1. The molecule has 0 spiro atoms. The number of rotatable bonds is 7. The molecule has 1 fully saturated rings. The molecule has 148 valence electrons. The normalized spacial score (nSPS) is 16.0. The molecule has 4 N–H and O–H groups in total. The van der Waals surface area contributed by atoms with Crippen molar-refractivity contribution in [2.75, 3.05) is 0 Å². The largest absolute Gasteiger partial charge is 0.508 e. The maximum atomic E-state index is 11.9. The van der Waals surface area contributed by atoms with Gasteiger partial charge in [0.2, 0.25) is 0 Å². The van der Waals surface area contributed by atoms with Crippen molar-refractivity contribution < 1.29 is 5.11 Å². The molecule has 0 amide bonds. The highest BCUT2D eigenvalue weighted by atomic mass is 16.3. The lowest BCUT2D eigenvalue weighted by atomic mass is 9.83. The minimum Gasteiger partial charge on any atom is -0.508 e. The summed E-state index contributed by atoms with van der Waals surface area (Å²) in [5, 5.41) is 9.46. The van der Waals surface area contributed by atoms with Gasteiger partial charge in [-0.05, 0) is 48.8 Å². The van der Waals surface area contributed by atoms with Crippen LogP contribution >= 0.6 is 0 Å². The number of aromatic amines is 3. The van der Waals surface area contributed by atoms with Crippen molar-refractivity contribution in [3.63, 3.8) is 0 Å². The monoisotopic (exact) mass is 382 g/mol. The van der Waals surface area contributed by atoms with Crippen LogP contribution in [0.5, 0.6) is 5.75 Å². The predicted octanol–water partition coefficient (Wildman–Crippen LogP) is 3.02. The lowest BCUT2D eigenvalue weighted by Crippen LogP contribution is -2.21. The van der Waals surface area contributed by atoms with E-state index in [1.54, 1.807) is 12.1 Å². The van der Waals surface area contributed by atoms with E-state index >= 15 is 0 Å². The van der Waals surface area contributed by atoms with Crippen LogP contribution in [0.4, 0.5) is 0 Å². The molecular formula is C21H26N4O3. The van der Waals surface area contributed by atoms with Crippen molar-refractivity contribution in [3.05, 3.63) is 56.5 Å². The number of hydrogen-bond acceptors (Lipinski definition) is 4. The standard InChI is InChI=1S/C21H26N4O3/c26-16-10-6-13(7-11-16)5-8-15(14-3-1-2-4-14)9-12-17-22-18-19(23-17)24-21(28)25-20(18)27/h6-7,10-11,14-15,26H,1-5,8-9,12H2,(H3,22,23,24,25,27,28). The van der Waals surface area contributed by atoms with Gasteiger partial charge in [-0.3, -0.25) is 14.8 Å². The number of benzene rings is 1. The Hall–Kier alpha value is -2.83. The van der Waals surface area contributed by atoms with Crippen LogP contribution in [0.25, 0.3) is 11.2 Å². The Labute approximate surface area is 162 Å². The number of nitrogens with zero attached hydrogens (tertiary/aromatic N) is 1. The zero-order valence-electron chi connectivity index (χ0n) is 15.8. The number of nitrogens with one attached hydrogen (secondary N) is 3. The van der Waals surface area contributed by atoms with Crippen LogP contribution in [0.2, 0.25) is 0 Å². The van der Waals surface area contributed by atoms with Crippen LogP contribution in [0.15, 0.2) is 33.9 Å². The molecular weight excluding hydrogens is 356 g/mol. The zero-order chi connectivity index (χ0) is 19.5. The summed E-state index contributed by atoms with van der Waals surface area (Å²) in [6, 6.07) is 7.46. The van der Waals surface area contributed by atoms with E-state index in [0.29, 0.717) is 22.8 Å². The highest BCUT2D eigenvalue weighted by Gasteiger charge is 2.25. The minimum absolute atomic E-state index is 0.300. The Morgan fingerprint density at radius 3 is 2.46 bits per heavy atom. The van der Waals surface area contributed by atoms with Gasteiger partial charge < -0.3 is 10.1 Å². The van der Waals surface area contributed by atoms with Gasteiger partial charge in [0.05, 0.1) is 0 Å². The van der Waals surface area contributed by atoms with Gasteiger partial charge in [-0.15, -0.1) is 0 Å². The van der Waals surface area contributed by atoms with E-state index in [1.165, 1.54) is 31.2 Å². The third kappa shape index (κ3) is 4.18. The van der Waals surface area contributed by atoms with Gasteiger partial charge in [0.25, 0.3) is 5.56 Å². The van der Waals surface area contributed by atoms with Gasteiger partial charge in [-0.25, -0.2) is 9.78 Å². The van der Waals surface area contributed by atoms with E-state index < -0.39 is 11.2 Å². The minimum atomic E-state index is -0.534. The average molecular weight is 382 g/mol. The van der Waals surface area contributed by atoms with Crippen molar-refractivity contribution in [2.45, 2.75) is 51.4 Å². The lowest BCUT2D eigenvalue weighted by Gasteiger charge is -2.23. The predicted molar refractivity (Wildman–Crippen MR) is 108 cm³/mol. The quantitative estimate of drug-likeness (QED) is 0.503. The number of imidazole rings is 1. The topological polar surface area (TPSA) is 115 Å². The Balaban J connectivity index is 1.45. The average Bonchev–Trinajstić information content (AvgIpc) is 3.33. The summed E-state index contributed by atoms with van der Waals surface area (Å²) in [6.45, 7) is 0.